The highest BCUT2D eigenvalue weighted by atomic mass is 19.1. The highest BCUT2D eigenvalue weighted by Gasteiger charge is 2.15. The van der Waals surface area contributed by atoms with Crippen LogP contribution in [-0.2, 0) is 13.0 Å². The number of amides is 1. The van der Waals surface area contributed by atoms with Crippen molar-refractivity contribution in [2.24, 2.45) is 0 Å². The van der Waals surface area contributed by atoms with E-state index in [2.05, 4.69) is 26.4 Å². The summed E-state index contributed by atoms with van der Waals surface area (Å²) in [4.78, 5) is 21.9. The summed E-state index contributed by atoms with van der Waals surface area (Å²) in [6.07, 6.45) is 7.08. The zero-order valence-electron chi connectivity index (χ0n) is 17.4. The molecule has 0 unspecified atom stereocenters. The van der Waals surface area contributed by atoms with Crippen LogP contribution in [0.15, 0.2) is 73.1 Å². The van der Waals surface area contributed by atoms with Crippen molar-refractivity contribution in [2.75, 3.05) is 10.6 Å². The van der Waals surface area contributed by atoms with E-state index in [1.807, 2.05) is 24.3 Å². The van der Waals surface area contributed by atoms with Gasteiger partial charge in [-0.05, 0) is 55.3 Å². The number of halogens is 1. The van der Waals surface area contributed by atoms with E-state index in [1.165, 1.54) is 25.0 Å². The van der Waals surface area contributed by atoms with Gasteiger partial charge in [-0.1, -0.05) is 18.2 Å². The third kappa shape index (κ3) is 4.23. The van der Waals surface area contributed by atoms with E-state index >= 15 is 0 Å². The minimum absolute atomic E-state index is 0.304. The van der Waals surface area contributed by atoms with Crippen molar-refractivity contribution in [3.63, 3.8) is 0 Å². The molecule has 1 aliphatic rings. The van der Waals surface area contributed by atoms with Crippen molar-refractivity contribution in [3.05, 3.63) is 90.3 Å². The van der Waals surface area contributed by atoms with Crippen LogP contribution in [0.3, 0.4) is 0 Å². The number of nitrogens with zero attached hydrogens (tertiary/aromatic N) is 3. The van der Waals surface area contributed by atoms with E-state index in [9.17, 15) is 9.18 Å². The summed E-state index contributed by atoms with van der Waals surface area (Å²) in [7, 11) is 0. The van der Waals surface area contributed by atoms with Gasteiger partial charge in [0, 0.05) is 42.3 Å². The van der Waals surface area contributed by atoms with Gasteiger partial charge in [-0.2, -0.15) is 0 Å². The number of fused-ring (bicyclic) bond motifs is 1. The fourth-order valence-corrected chi connectivity index (χ4v) is 3.87. The van der Waals surface area contributed by atoms with Crippen molar-refractivity contribution in [3.8, 4) is 11.3 Å². The summed E-state index contributed by atoms with van der Waals surface area (Å²) in [5, 5.41) is 5.92. The molecule has 7 heteroatoms. The number of pyridine rings is 1. The molecule has 0 saturated carbocycles. The predicted molar refractivity (Wildman–Crippen MR) is 122 cm³/mol. The Morgan fingerprint density at radius 1 is 1.00 bits per heavy atom. The number of rotatable bonds is 5. The predicted octanol–water partition coefficient (Wildman–Crippen LogP) is 5.42. The molecule has 1 aliphatic heterocycles. The summed E-state index contributed by atoms with van der Waals surface area (Å²) >= 11 is 0. The molecule has 2 aromatic heterocycles. The van der Waals surface area contributed by atoms with Crippen LogP contribution in [0.4, 0.5) is 21.6 Å². The van der Waals surface area contributed by atoms with E-state index in [4.69, 9.17) is 4.98 Å². The lowest BCUT2D eigenvalue weighted by atomic mass is 10.1. The standard InChI is InChI=1S/C25H22FN5O/c26-18-5-3-6-20(15-18)28-24-21(7-4-13-27-24)25(32)29-19-11-9-17(10-12-19)22-16-31-14-2-1-8-23(31)30-22/h3-7,9-13,15-16H,1-2,8,14H2,(H,27,28)(H,29,32). The van der Waals surface area contributed by atoms with E-state index in [0.717, 1.165) is 30.0 Å². The number of nitrogens with one attached hydrogen (secondary N) is 2. The molecule has 3 heterocycles. The summed E-state index contributed by atoms with van der Waals surface area (Å²) < 4.78 is 15.7. The van der Waals surface area contributed by atoms with Gasteiger partial charge >= 0.3 is 0 Å². The van der Waals surface area contributed by atoms with Crippen LogP contribution in [0.2, 0.25) is 0 Å². The molecule has 0 aliphatic carbocycles. The SMILES string of the molecule is O=C(Nc1ccc(-c2cn3c(n2)CCCC3)cc1)c1cccnc1Nc1cccc(F)c1. The minimum atomic E-state index is -0.365. The van der Waals surface area contributed by atoms with Crippen LogP contribution >= 0.6 is 0 Å². The molecule has 4 aromatic rings. The van der Waals surface area contributed by atoms with Gasteiger partial charge in [-0.3, -0.25) is 4.79 Å². The lowest BCUT2D eigenvalue weighted by molar-refractivity contribution is 0.102. The smallest absolute Gasteiger partial charge is 0.259 e. The van der Waals surface area contributed by atoms with Crippen LogP contribution in [0.5, 0.6) is 0 Å². The second-order valence-corrected chi connectivity index (χ2v) is 7.76. The third-order valence-electron chi connectivity index (χ3n) is 5.49. The highest BCUT2D eigenvalue weighted by Crippen LogP contribution is 2.25. The van der Waals surface area contributed by atoms with Crippen molar-refractivity contribution < 1.29 is 9.18 Å². The molecule has 2 aromatic carbocycles. The number of benzene rings is 2. The number of carbonyl (C=O) groups excluding carboxylic acids is 1. The zero-order chi connectivity index (χ0) is 21.9. The quantitative estimate of drug-likeness (QED) is 0.446. The first kappa shape index (κ1) is 19.9. The van der Waals surface area contributed by atoms with E-state index in [1.54, 1.807) is 30.5 Å². The number of anilines is 3. The number of aromatic nitrogens is 3. The molecule has 2 N–H and O–H groups in total. The number of hydrogen-bond donors (Lipinski definition) is 2. The lowest BCUT2D eigenvalue weighted by Crippen LogP contribution is -2.14. The third-order valence-corrected chi connectivity index (χ3v) is 5.49. The van der Waals surface area contributed by atoms with Crippen LogP contribution in [0, 0.1) is 5.82 Å². The van der Waals surface area contributed by atoms with Crippen LogP contribution in [-0.4, -0.2) is 20.4 Å². The molecule has 5 rings (SSSR count). The number of imidazole rings is 1. The largest absolute Gasteiger partial charge is 0.339 e. The highest BCUT2D eigenvalue weighted by molar-refractivity contribution is 6.07. The Hall–Kier alpha value is -4.00. The first-order valence-electron chi connectivity index (χ1n) is 10.6. The summed E-state index contributed by atoms with van der Waals surface area (Å²) in [5.74, 6) is 0.826. The number of hydrogen-bond acceptors (Lipinski definition) is 4. The molecule has 0 bridgehead atoms. The van der Waals surface area contributed by atoms with Gasteiger partial charge in [0.25, 0.3) is 5.91 Å². The first-order valence-corrected chi connectivity index (χ1v) is 10.6. The maximum atomic E-state index is 13.5. The Balaban J connectivity index is 1.32. The Kier molecular flexibility index (Phi) is 5.37. The fraction of sp³-hybridized carbons (Fsp3) is 0.160. The number of aryl methyl sites for hydroxylation is 2. The molecule has 0 saturated heterocycles. The Labute approximate surface area is 185 Å². The maximum Gasteiger partial charge on any atom is 0.259 e. The molecule has 0 radical (unpaired) electrons. The van der Waals surface area contributed by atoms with Gasteiger partial charge in [0.2, 0.25) is 0 Å². The molecule has 32 heavy (non-hydrogen) atoms. The fourth-order valence-electron chi connectivity index (χ4n) is 3.87. The molecule has 6 nitrogen and oxygen atoms in total. The molecule has 0 spiro atoms. The second-order valence-electron chi connectivity index (χ2n) is 7.76. The first-order chi connectivity index (χ1) is 15.7. The van der Waals surface area contributed by atoms with E-state index < -0.39 is 0 Å². The van der Waals surface area contributed by atoms with Gasteiger partial charge in [-0.25, -0.2) is 14.4 Å². The van der Waals surface area contributed by atoms with Crippen LogP contribution in [0.25, 0.3) is 11.3 Å². The van der Waals surface area contributed by atoms with Crippen molar-refractivity contribution in [1.82, 2.24) is 14.5 Å². The van der Waals surface area contributed by atoms with Crippen molar-refractivity contribution in [2.45, 2.75) is 25.8 Å². The monoisotopic (exact) mass is 427 g/mol. The van der Waals surface area contributed by atoms with E-state index in [-0.39, 0.29) is 11.7 Å². The summed E-state index contributed by atoms with van der Waals surface area (Å²) in [5.41, 5.74) is 3.52. The molecular formula is C25H22FN5O. The Morgan fingerprint density at radius 2 is 1.88 bits per heavy atom. The van der Waals surface area contributed by atoms with Crippen LogP contribution < -0.4 is 10.6 Å². The van der Waals surface area contributed by atoms with Gasteiger partial charge in [0.15, 0.2) is 0 Å². The average molecular weight is 427 g/mol. The second kappa shape index (κ2) is 8.63. The number of carbonyl (C=O) groups is 1. The lowest BCUT2D eigenvalue weighted by Gasteiger charge is -2.11. The van der Waals surface area contributed by atoms with Crippen molar-refractivity contribution in [1.29, 1.82) is 0 Å². The van der Waals surface area contributed by atoms with Gasteiger partial charge < -0.3 is 15.2 Å². The molecule has 160 valence electrons. The molecule has 1 amide bonds. The Morgan fingerprint density at radius 3 is 2.69 bits per heavy atom. The minimum Gasteiger partial charge on any atom is -0.339 e. The molecule has 0 atom stereocenters. The zero-order valence-corrected chi connectivity index (χ0v) is 17.4. The average Bonchev–Trinajstić information content (AvgIpc) is 3.24. The molecular weight excluding hydrogens is 405 g/mol. The van der Waals surface area contributed by atoms with Gasteiger partial charge in [0.05, 0.1) is 11.3 Å². The summed E-state index contributed by atoms with van der Waals surface area (Å²) in [6, 6.07) is 17.0. The van der Waals surface area contributed by atoms with Crippen molar-refractivity contribution >= 4 is 23.1 Å². The normalized spacial score (nSPS) is 12.8. The van der Waals surface area contributed by atoms with Gasteiger partial charge in [-0.15, -0.1) is 0 Å². The Bertz CT molecular complexity index is 1240. The molecule has 0 fully saturated rings. The van der Waals surface area contributed by atoms with E-state index in [0.29, 0.717) is 22.8 Å². The topological polar surface area (TPSA) is 71.8 Å². The maximum absolute atomic E-state index is 13.5. The van der Waals surface area contributed by atoms with Gasteiger partial charge in [0.1, 0.15) is 17.5 Å². The summed E-state index contributed by atoms with van der Waals surface area (Å²) in [6.45, 7) is 1.02. The van der Waals surface area contributed by atoms with Crippen LogP contribution in [0.1, 0.15) is 29.0 Å².